The summed E-state index contributed by atoms with van der Waals surface area (Å²) in [5.74, 6) is -0.688. The van der Waals surface area contributed by atoms with Crippen LogP contribution in [0.1, 0.15) is 85.2 Å². The monoisotopic (exact) mass is 715 g/mol. The standard InChI is InChI=1S/C38H46N5O7P/c1-8-9-19-51(7)50-36(46)31-30-28-20-24(35(45)48-6)16-17-29(28)41(5)34(44)32(30)43(22-26-14-11-10-13-25(26)21-39)33(31)42-18-12-15-27(23-42)40-37(47)49-38(2,3)4/h10-11,13-14,16-17,20,27H,8-9,12,15,18-19,22-23H2,1-7H3,(H,40,47)/t27-,51?/m1/s1. The van der Waals surface area contributed by atoms with Gasteiger partial charge in [0.25, 0.3) is 5.56 Å². The molecular formula is C38H46N5O7P. The first-order valence-corrected chi connectivity index (χ1v) is 19.1. The first kappa shape index (κ1) is 37.4. The molecule has 1 N–H and O–H groups in total. The van der Waals surface area contributed by atoms with Crippen molar-refractivity contribution in [2.75, 3.05) is 37.9 Å². The Morgan fingerprint density at radius 3 is 2.55 bits per heavy atom. The van der Waals surface area contributed by atoms with Gasteiger partial charge in [-0.25, -0.2) is 14.4 Å². The van der Waals surface area contributed by atoms with Crippen molar-refractivity contribution < 1.29 is 28.4 Å². The quantitative estimate of drug-likeness (QED) is 0.140. The van der Waals surface area contributed by atoms with Gasteiger partial charge in [-0.1, -0.05) is 31.5 Å². The van der Waals surface area contributed by atoms with Crippen molar-refractivity contribution in [1.82, 2.24) is 14.5 Å². The molecule has 51 heavy (non-hydrogen) atoms. The number of hydrogen-bond donors (Lipinski definition) is 1. The number of amides is 1. The molecule has 4 aromatic rings. The zero-order chi connectivity index (χ0) is 37.0. The number of piperidine rings is 1. The van der Waals surface area contributed by atoms with E-state index in [0.29, 0.717) is 59.2 Å². The van der Waals surface area contributed by atoms with Gasteiger partial charge in [-0.15, -0.1) is 0 Å². The number of nitriles is 1. The lowest BCUT2D eigenvalue weighted by atomic mass is 10.0. The molecule has 0 saturated carbocycles. The van der Waals surface area contributed by atoms with Crippen molar-refractivity contribution in [3.63, 3.8) is 0 Å². The Bertz CT molecular complexity index is 2070. The number of hydrogen-bond acceptors (Lipinski definition) is 9. The fourth-order valence-corrected chi connectivity index (χ4v) is 7.85. The van der Waals surface area contributed by atoms with Crippen molar-refractivity contribution in [3.8, 4) is 6.07 Å². The number of ether oxygens (including phenoxy) is 2. The molecule has 0 bridgehead atoms. The van der Waals surface area contributed by atoms with Crippen LogP contribution in [0.25, 0.3) is 21.8 Å². The Kier molecular flexibility index (Phi) is 11.4. The number of carbonyl (C=O) groups is 3. The Balaban J connectivity index is 1.83. The molecule has 2 atom stereocenters. The van der Waals surface area contributed by atoms with E-state index in [1.54, 1.807) is 62.7 Å². The minimum absolute atomic E-state index is 0.0949. The van der Waals surface area contributed by atoms with Crippen molar-refractivity contribution in [1.29, 1.82) is 5.26 Å². The van der Waals surface area contributed by atoms with Gasteiger partial charge in [-0.2, -0.15) is 5.26 Å². The Morgan fingerprint density at radius 1 is 1.12 bits per heavy atom. The van der Waals surface area contributed by atoms with Crippen LogP contribution in [0.2, 0.25) is 0 Å². The number of rotatable bonds is 10. The van der Waals surface area contributed by atoms with Gasteiger partial charge in [-0.05, 0) is 76.5 Å². The Labute approximate surface area is 299 Å². The molecule has 1 saturated heterocycles. The second-order valence-corrected chi connectivity index (χ2v) is 15.8. The lowest BCUT2D eigenvalue weighted by Gasteiger charge is -2.36. The number of nitrogens with one attached hydrogen (secondary N) is 1. The molecular weight excluding hydrogens is 669 g/mol. The molecule has 1 amide bonds. The normalized spacial score (nSPS) is 15.3. The number of nitrogens with zero attached hydrogens (tertiary/aromatic N) is 4. The van der Waals surface area contributed by atoms with Gasteiger partial charge in [0.05, 0.1) is 44.5 Å². The molecule has 1 unspecified atom stereocenters. The third-order valence-electron chi connectivity index (χ3n) is 8.97. The molecule has 1 aliphatic heterocycles. The number of aromatic nitrogens is 2. The first-order valence-electron chi connectivity index (χ1n) is 17.2. The Morgan fingerprint density at radius 2 is 1.86 bits per heavy atom. The summed E-state index contributed by atoms with van der Waals surface area (Å²) in [5, 5.41) is 13.9. The minimum atomic E-state index is -1.14. The second-order valence-electron chi connectivity index (χ2n) is 13.9. The van der Waals surface area contributed by atoms with Gasteiger partial charge in [0.15, 0.2) is 0 Å². The lowest BCUT2D eigenvalue weighted by molar-refractivity contribution is 0.0498. The van der Waals surface area contributed by atoms with Gasteiger partial charge in [-0.3, -0.25) is 4.79 Å². The average molecular weight is 716 g/mol. The molecule has 0 spiro atoms. The van der Waals surface area contributed by atoms with E-state index in [9.17, 15) is 24.4 Å². The van der Waals surface area contributed by atoms with Crippen molar-refractivity contribution in [3.05, 3.63) is 75.1 Å². The number of benzene rings is 2. The number of esters is 1. The summed E-state index contributed by atoms with van der Waals surface area (Å²) in [7, 11) is 1.80. The van der Waals surface area contributed by atoms with Crippen LogP contribution >= 0.6 is 8.15 Å². The number of anilines is 1. The summed E-state index contributed by atoms with van der Waals surface area (Å²) in [5.41, 5.74) is 1.26. The molecule has 1 aliphatic rings. The summed E-state index contributed by atoms with van der Waals surface area (Å²) in [6.07, 6.45) is 3.38. The van der Waals surface area contributed by atoms with E-state index >= 15 is 0 Å². The van der Waals surface area contributed by atoms with Crippen molar-refractivity contribution >= 4 is 53.8 Å². The fraction of sp³-hybridized carbons (Fsp3) is 0.447. The van der Waals surface area contributed by atoms with Gasteiger partial charge in [0.1, 0.15) is 22.5 Å². The van der Waals surface area contributed by atoms with E-state index in [0.717, 1.165) is 19.0 Å². The van der Waals surface area contributed by atoms with Gasteiger partial charge >= 0.3 is 18.0 Å². The van der Waals surface area contributed by atoms with E-state index in [2.05, 4.69) is 18.3 Å². The van der Waals surface area contributed by atoms with Crippen LogP contribution in [0.3, 0.4) is 0 Å². The third kappa shape index (κ3) is 8.04. The highest BCUT2D eigenvalue weighted by atomic mass is 31.1. The van der Waals surface area contributed by atoms with E-state index in [1.807, 2.05) is 23.7 Å². The number of pyridine rings is 1. The number of methoxy groups -OCH3 is 1. The van der Waals surface area contributed by atoms with Crippen molar-refractivity contribution in [2.45, 2.75) is 71.6 Å². The second kappa shape index (κ2) is 15.6. The smallest absolute Gasteiger partial charge is 0.407 e. The SMILES string of the molecule is CCCCP(C)OC(=O)c1c(N2CCC[C@@H](NC(=O)OC(C)(C)C)C2)n(Cc2ccccc2C#N)c2c(=O)n(C)c3ccc(C(=O)OC)cc3c12. The van der Waals surface area contributed by atoms with Crippen LogP contribution in [0.4, 0.5) is 10.6 Å². The zero-order valence-electron chi connectivity index (χ0n) is 30.4. The molecule has 0 radical (unpaired) electrons. The first-order chi connectivity index (χ1) is 24.3. The van der Waals surface area contributed by atoms with E-state index < -0.39 is 31.8 Å². The van der Waals surface area contributed by atoms with E-state index in [4.69, 9.17) is 14.0 Å². The molecule has 5 rings (SSSR count). The molecule has 270 valence electrons. The number of fused-ring (bicyclic) bond motifs is 3. The molecule has 13 heteroatoms. The van der Waals surface area contributed by atoms with Gasteiger partial charge in [0.2, 0.25) is 0 Å². The highest BCUT2D eigenvalue weighted by Crippen LogP contribution is 2.42. The summed E-state index contributed by atoms with van der Waals surface area (Å²) >= 11 is 0. The molecule has 1 fully saturated rings. The maximum atomic E-state index is 14.6. The summed E-state index contributed by atoms with van der Waals surface area (Å²) in [6, 6.07) is 14.0. The van der Waals surface area contributed by atoms with Crippen LogP contribution in [-0.2, 0) is 27.6 Å². The predicted molar refractivity (Wildman–Crippen MR) is 199 cm³/mol. The van der Waals surface area contributed by atoms with Crippen LogP contribution < -0.4 is 15.8 Å². The van der Waals surface area contributed by atoms with Crippen LogP contribution in [0.15, 0.2) is 47.3 Å². The van der Waals surface area contributed by atoms with E-state index in [1.165, 1.54) is 11.7 Å². The average Bonchev–Trinajstić information content (AvgIpc) is 3.43. The number of unbranched alkanes of at least 4 members (excludes halogenated alkanes) is 1. The topological polar surface area (TPSA) is 145 Å². The van der Waals surface area contributed by atoms with Crippen molar-refractivity contribution in [2.24, 2.45) is 7.05 Å². The maximum Gasteiger partial charge on any atom is 0.407 e. The summed E-state index contributed by atoms with van der Waals surface area (Å²) in [4.78, 5) is 56.8. The summed E-state index contributed by atoms with van der Waals surface area (Å²) in [6.45, 7) is 10.3. The van der Waals surface area contributed by atoms with E-state index in [-0.39, 0.29) is 34.8 Å². The number of carbonyl (C=O) groups excluding carboxylic acids is 3. The molecule has 2 aromatic heterocycles. The van der Waals surface area contributed by atoms with Gasteiger partial charge in [0, 0.05) is 43.1 Å². The summed E-state index contributed by atoms with van der Waals surface area (Å²) < 4.78 is 20.1. The number of aryl methyl sites for hydroxylation is 1. The highest BCUT2D eigenvalue weighted by molar-refractivity contribution is 7.52. The largest absolute Gasteiger partial charge is 0.465 e. The minimum Gasteiger partial charge on any atom is -0.465 e. The van der Waals surface area contributed by atoms with Gasteiger partial charge < -0.3 is 33.3 Å². The fourth-order valence-electron chi connectivity index (χ4n) is 6.62. The third-order valence-corrected chi connectivity index (χ3v) is 10.4. The highest BCUT2D eigenvalue weighted by Gasteiger charge is 2.35. The molecule has 12 nitrogen and oxygen atoms in total. The molecule has 2 aromatic carbocycles. The molecule has 0 aliphatic carbocycles. The Hall–Kier alpha value is -4.88. The lowest BCUT2D eigenvalue weighted by Crippen LogP contribution is -2.49. The molecule has 3 heterocycles. The zero-order valence-corrected chi connectivity index (χ0v) is 31.3. The maximum absolute atomic E-state index is 14.6. The predicted octanol–water partition coefficient (Wildman–Crippen LogP) is 6.68. The van der Waals surface area contributed by atoms with Crippen LogP contribution in [-0.4, -0.2) is 71.8 Å². The van der Waals surface area contributed by atoms with Crippen LogP contribution in [0.5, 0.6) is 0 Å². The number of alkyl carbamates (subject to hydrolysis) is 1. The van der Waals surface area contributed by atoms with Crippen LogP contribution in [0, 0.1) is 11.3 Å².